The Morgan fingerprint density at radius 3 is 2.12 bits per heavy atom. The minimum Gasteiger partial charge on any atom is -0.507 e. The van der Waals surface area contributed by atoms with Crippen LogP contribution in [0, 0.1) is 0 Å². The third-order valence-corrected chi connectivity index (χ3v) is 6.48. The summed E-state index contributed by atoms with van der Waals surface area (Å²) in [6.45, 7) is 0. The van der Waals surface area contributed by atoms with E-state index in [1.807, 2.05) is 24.3 Å². The minimum atomic E-state index is -3.69. The average molecular weight is 340 g/mol. The highest BCUT2D eigenvalue weighted by Crippen LogP contribution is 2.55. The first-order valence-corrected chi connectivity index (χ1v) is 8.87. The van der Waals surface area contributed by atoms with Crippen LogP contribution in [0.1, 0.15) is 0 Å². The van der Waals surface area contributed by atoms with Crippen molar-refractivity contribution in [2.75, 3.05) is 0 Å². The van der Waals surface area contributed by atoms with Crippen LogP contribution in [-0.4, -0.2) is 15.3 Å². The number of hydrogen-bond donors (Lipinski definition) is 3. The maximum atomic E-state index is 13.7. The van der Waals surface area contributed by atoms with E-state index < -0.39 is 24.6 Å². The van der Waals surface area contributed by atoms with Crippen molar-refractivity contribution in [2.45, 2.75) is 0 Å². The Kier molecular flexibility index (Phi) is 3.08. The van der Waals surface area contributed by atoms with Crippen molar-refractivity contribution in [2.24, 2.45) is 0 Å². The SMILES string of the molecule is O=P1(c2cc(O)c(O)cc2O)Oc2ccccc2-c2ccccc21. The maximum absolute atomic E-state index is 13.7. The van der Waals surface area contributed by atoms with Gasteiger partial charge in [-0.1, -0.05) is 36.4 Å². The smallest absolute Gasteiger partial charge is 0.311 e. The fourth-order valence-electron chi connectivity index (χ4n) is 2.88. The largest absolute Gasteiger partial charge is 0.507 e. The molecule has 4 rings (SSSR count). The summed E-state index contributed by atoms with van der Waals surface area (Å²) in [5.41, 5.74) is 1.55. The van der Waals surface area contributed by atoms with Gasteiger partial charge < -0.3 is 19.8 Å². The van der Waals surface area contributed by atoms with Crippen molar-refractivity contribution < 1.29 is 24.4 Å². The van der Waals surface area contributed by atoms with Crippen molar-refractivity contribution >= 4 is 18.0 Å². The highest BCUT2D eigenvalue weighted by Gasteiger charge is 2.40. The molecule has 0 aliphatic carbocycles. The van der Waals surface area contributed by atoms with E-state index in [1.54, 1.807) is 24.3 Å². The van der Waals surface area contributed by atoms with Crippen LogP contribution in [0.3, 0.4) is 0 Å². The van der Waals surface area contributed by atoms with Crippen LogP contribution in [0.25, 0.3) is 11.1 Å². The Balaban J connectivity index is 2.04. The second kappa shape index (κ2) is 5.05. The van der Waals surface area contributed by atoms with Crippen molar-refractivity contribution in [3.05, 3.63) is 60.7 Å². The first-order valence-electron chi connectivity index (χ1n) is 7.25. The zero-order chi connectivity index (χ0) is 16.9. The molecule has 1 unspecified atom stereocenters. The van der Waals surface area contributed by atoms with Gasteiger partial charge in [0.15, 0.2) is 11.5 Å². The molecule has 0 spiro atoms. The van der Waals surface area contributed by atoms with E-state index >= 15 is 0 Å². The first kappa shape index (κ1) is 14.7. The number of phenols is 3. The van der Waals surface area contributed by atoms with E-state index in [4.69, 9.17) is 4.52 Å². The molecule has 0 aromatic heterocycles. The molecule has 24 heavy (non-hydrogen) atoms. The summed E-state index contributed by atoms with van der Waals surface area (Å²) < 4.78 is 19.5. The normalized spacial score (nSPS) is 18.3. The number of hydrogen-bond acceptors (Lipinski definition) is 5. The van der Waals surface area contributed by atoms with Gasteiger partial charge in [-0.3, -0.25) is 4.57 Å². The van der Waals surface area contributed by atoms with Crippen molar-refractivity contribution in [3.8, 4) is 34.1 Å². The van der Waals surface area contributed by atoms with Gasteiger partial charge in [0.05, 0.1) is 10.6 Å². The quantitative estimate of drug-likeness (QED) is 0.360. The molecule has 0 saturated heterocycles. The van der Waals surface area contributed by atoms with Crippen LogP contribution in [0.4, 0.5) is 0 Å². The molecule has 0 radical (unpaired) electrons. The van der Waals surface area contributed by atoms with E-state index in [0.717, 1.165) is 23.3 Å². The molecule has 6 heteroatoms. The zero-order valence-corrected chi connectivity index (χ0v) is 13.3. The minimum absolute atomic E-state index is 0.0558. The van der Waals surface area contributed by atoms with Gasteiger partial charge in [0.1, 0.15) is 11.5 Å². The molecule has 3 aromatic rings. The lowest BCUT2D eigenvalue weighted by Crippen LogP contribution is -2.25. The summed E-state index contributed by atoms with van der Waals surface area (Å²) >= 11 is 0. The molecular formula is C18H13O5P. The molecule has 1 atom stereocenters. The zero-order valence-electron chi connectivity index (χ0n) is 12.4. The number of fused-ring (bicyclic) bond motifs is 3. The van der Waals surface area contributed by atoms with Crippen LogP contribution >= 0.6 is 7.37 Å². The lowest BCUT2D eigenvalue weighted by Gasteiger charge is -2.29. The van der Waals surface area contributed by atoms with E-state index in [1.165, 1.54) is 0 Å². The van der Waals surface area contributed by atoms with Crippen molar-refractivity contribution in [3.63, 3.8) is 0 Å². The van der Waals surface area contributed by atoms with Gasteiger partial charge >= 0.3 is 7.37 Å². The molecule has 120 valence electrons. The Morgan fingerprint density at radius 2 is 1.33 bits per heavy atom. The van der Waals surface area contributed by atoms with Gasteiger partial charge in [-0.05, 0) is 17.7 Å². The van der Waals surface area contributed by atoms with Crippen LogP contribution in [0.5, 0.6) is 23.0 Å². The Bertz CT molecular complexity index is 1010. The van der Waals surface area contributed by atoms with Crippen LogP contribution in [0.2, 0.25) is 0 Å². The van der Waals surface area contributed by atoms with Gasteiger partial charge in [-0.25, -0.2) is 0 Å². The van der Waals surface area contributed by atoms with Gasteiger partial charge in [0, 0.05) is 17.7 Å². The summed E-state index contributed by atoms with van der Waals surface area (Å²) in [4.78, 5) is 0. The van der Waals surface area contributed by atoms with E-state index in [0.29, 0.717) is 11.1 Å². The molecule has 1 heterocycles. The Hall–Kier alpha value is -2.91. The van der Waals surface area contributed by atoms with E-state index in [9.17, 15) is 19.9 Å². The number of rotatable bonds is 1. The third kappa shape index (κ3) is 1.99. The fourth-order valence-corrected chi connectivity index (χ4v) is 5.23. The molecule has 3 N–H and O–H groups in total. The monoisotopic (exact) mass is 340 g/mol. The predicted molar refractivity (Wildman–Crippen MR) is 90.8 cm³/mol. The van der Waals surface area contributed by atoms with Crippen LogP contribution < -0.4 is 15.1 Å². The second-order valence-corrected chi connectivity index (χ2v) is 7.73. The predicted octanol–water partition coefficient (Wildman–Crippen LogP) is 3.09. The molecule has 0 fully saturated rings. The molecule has 1 aliphatic rings. The highest BCUT2D eigenvalue weighted by molar-refractivity contribution is 7.75. The summed E-state index contributed by atoms with van der Waals surface area (Å²) in [7, 11) is -3.69. The van der Waals surface area contributed by atoms with Gasteiger partial charge in [0.25, 0.3) is 0 Å². The number of benzene rings is 3. The number of phenolic OH excluding ortho intramolecular Hbond substituents is 3. The summed E-state index contributed by atoms with van der Waals surface area (Å²) in [6.07, 6.45) is 0. The Labute approximate surface area is 137 Å². The Morgan fingerprint density at radius 1 is 0.708 bits per heavy atom. The molecule has 5 nitrogen and oxygen atoms in total. The van der Waals surface area contributed by atoms with Gasteiger partial charge in [0.2, 0.25) is 0 Å². The molecule has 3 aromatic carbocycles. The van der Waals surface area contributed by atoms with Crippen LogP contribution in [-0.2, 0) is 4.57 Å². The lowest BCUT2D eigenvalue weighted by molar-refractivity contribution is 0.397. The maximum Gasteiger partial charge on any atom is 0.311 e. The first-order chi connectivity index (χ1) is 11.5. The van der Waals surface area contributed by atoms with E-state index in [-0.39, 0.29) is 5.30 Å². The number of para-hydroxylation sites is 1. The number of aromatic hydroxyl groups is 3. The molecule has 1 aliphatic heterocycles. The van der Waals surface area contributed by atoms with Crippen LogP contribution in [0.15, 0.2) is 60.7 Å². The molecular weight excluding hydrogens is 327 g/mol. The summed E-state index contributed by atoms with van der Waals surface area (Å²) in [5.74, 6) is -0.930. The van der Waals surface area contributed by atoms with Crippen molar-refractivity contribution in [1.82, 2.24) is 0 Å². The lowest BCUT2D eigenvalue weighted by atomic mass is 10.0. The molecule has 0 saturated carbocycles. The topological polar surface area (TPSA) is 87.0 Å². The van der Waals surface area contributed by atoms with Crippen molar-refractivity contribution in [1.29, 1.82) is 0 Å². The molecule has 0 bridgehead atoms. The average Bonchev–Trinajstić information content (AvgIpc) is 2.58. The second-order valence-electron chi connectivity index (χ2n) is 5.49. The standard InChI is InChI=1S/C18H13O5P/c19-13-9-15(21)18(10-14(13)20)24(22)17-8-4-2-6-12(17)11-5-1-3-7-16(11)23-24/h1-10,19-21H. The van der Waals surface area contributed by atoms with Gasteiger partial charge in [-0.2, -0.15) is 0 Å². The summed E-state index contributed by atoms with van der Waals surface area (Å²) in [5, 5.41) is 29.9. The highest BCUT2D eigenvalue weighted by atomic mass is 31.2. The fraction of sp³-hybridized carbons (Fsp3) is 0. The van der Waals surface area contributed by atoms with Gasteiger partial charge in [-0.15, -0.1) is 0 Å². The summed E-state index contributed by atoms with van der Waals surface area (Å²) in [6, 6.07) is 16.3. The van der Waals surface area contributed by atoms with E-state index in [2.05, 4.69) is 0 Å². The molecule has 0 amide bonds. The third-order valence-electron chi connectivity index (χ3n) is 4.01.